The monoisotopic (exact) mass is 287 g/mol. The average Bonchev–Trinajstić information content (AvgIpc) is 2.41. The molecule has 0 heterocycles. The van der Waals surface area contributed by atoms with Gasteiger partial charge in [0.1, 0.15) is 0 Å². The zero-order chi connectivity index (χ0) is 15.1. The molecule has 0 aliphatic heterocycles. The topological polar surface area (TPSA) is 43.7 Å². The van der Waals surface area contributed by atoms with Gasteiger partial charge in [0, 0.05) is 13.1 Å². The van der Waals surface area contributed by atoms with E-state index in [1.165, 1.54) is 62.9 Å². The van der Waals surface area contributed by atoms with E-state index in [1.807, 2.05) is 6.92 Å². The first-order valence-electron chi connectivity index (χ1n) is 8.82. The molecule has 0 aromatic rings. The van der Waals surface area contributed by atoms with Crippen molar-refractivity contribution < 1.29 is 10.3 Å². The molecule has 0 aromatic carbocycles. The standard InChI is InChI=1S/C17H37NO2/c1-3-5-6-7-8-9-10-11-12-13-14-17(19)16-18(20)15-4-2/h17,19-20H,3-16H2,1-2H3. The summed E-state index contributed by atoms with van der Waals surface area (Å²) in [5, 5.41) is 20.5. The molecule has 20 heavy (non-hydrogen) atoms. The number of nitrogens with zero attached hydrogens (tertiary/aromatic N) is 1. The summed E-state index contributed by atoms with van der Waals surface area (Å²) in [6.07, 6.45) is 14.5. The van der Waals surface area contributed by atoms with Crippen molar-refractivity contribution in [2.24, 2.45) is 0 Å². The van der Waals surface area contributed by atoms with Gasteiger partial charge in [0.05, 0.1) is 6.10 Å². The van der Waals surface area contributed by atoms with Crippen LogP contribution >= 0.6 is 0 Å². The largest absolute Gasteiger partial charge is 0.392 e. The zero-order valence-corrected chi connectivity index (χ0v) is 13.8. The predicted octanol–water partition coefficient (Wildman–Crippen LogP) is 4.76. The van der Waals surface area contributed by atoms with Crippen LogP contribution in [-0.2, 0) is 0 Å². The molecule has 1 unspecified atom stereocenters. The highest BCUT2D eigenvalue weighted by Gasteiger charge is 2.08. The maximum Gasteiger partial charge on any atom is 0.0690 e. The molecular weight excluding hydrogens is 250 g/mol. The normalized spacial score (nSPS) is 13.1. The lowest BCUT2D eigenvalue weighted by Gasteiger charge is -2.17. The van der Waals surface area contributed by atoms with Crippen LogP contribution in [0.5, 0.6) is 0 Å². The Morgan fingerprint density at radius 3 is 1.75 bits per heavy atom. The number of aliphatic hydroxyl groups excluding tert-OH is 1. The van der Waals surface area contributed by atoms with Crippen molar-refractivity contribution in [2.45, 2.75) is 97.0 Å². The van der Waals surface area contributed by atoms with E-state index in [2.05, 4.69) is 6.92 Å². The van der Waals surface area contributed by atoms with Gasteiger partial charge in [-0.1, -0.05) is 78.1 Å². The number of unbranched alkanes of at least 4 members (excludes halogenated alkanes) is 9. The van der Waals surface area contributed by atoms with Gasteiger partial charge in [-0.05, 0) is 12.8 Å². The van der Waals surface area contributed by atoms with Crippen LogP contribution in [0.25, 0.3) is 0 Å². The summed E-state index contributed by atoms with van der Waals surface area (Å²) < 4.78 is 0. The summed E-state index contributed by atoms with van der Waals surface area (Å²) in [6, 6.07) is 0. The Bertz CT molecular complexity index is 188. The van der Waals surface area contributed by atoms with Crippen LogP contribution in [0.4, 0.5) is 0 Å². The maximum atomic E-state index is 9.77. The van der Waals surface area contributed by atoms with Gasteiger partial charge in [-0.2, -0.15) is 5.06 Å². The van der Waals surface area contributed by atoms with Gasteiger partial charge < -0.3 is 10.3 Å². The Labute approximate surface area is 126 Å². The van der Waals surface area contributed by atoms with E-state index >= 15 is 0 Å². The number of hydrogen-bond donors (Lipinski definition) is 2. The van der Waals surface area contributed by atoms with Gasteiger partial charge >= 0.3 is 0 Å². The van der Waals surface area contributed by atoms with Gasteiger partial charge in [0.25, 0.3) is 0 Å². The third kappa shape index (κ3) is 14.3. The molecule has 0 saturated carbocycles. The van der Waals surface area contributed by atoms with Gasteiger partial charge in [-0.15, -0.1) is 0 Å². The lowest BCUT2D eigenvalue weighted by atomic mass is 10.0. The van der Waals surface area contributed by atoms with Crippen LogP contribution in [-0.4, -0.2) is 34.6 Å². The smallest absolute Gasteiger partial charge is 0.0690 e. The Morgan fingerprint density at radius 2 is 1.25 bits per heavy atom. The summed E-state index contributed by atoms with van der Waals surface area (Å²) in [4.78, 5) is 0. The van der Waals surface area contributed by atoms with Gasteiger partial charge in [0.15, 0.2) is 0 Å². The first-order chi connectivity index (χ1) is 9.70. The molecule has 0 spiro atoms. The summed E-state index contributed by atoms with van der Waals surface area (Å²) in [7, 11) is 0. The molecule has 3 nitrogen and oxygen atoms in total. The fourth-order valence-electron chi connectivity index (χ4n) is 2.55. The molecule has 122 valence electrons. The van der Waals surface area contributed by atoms with Crippen molar-refractivity contribution in [3.8, 4) is 0 Å². The Hall–Kier alpha value is -0.120. The molecule has 3 heteroatoms. The minimum atomic E-state index is -0.374. The molecule has 0 rings (SSSR count). The van der Waals surface area contributed by atoms with E-state index in [-0.39, 0.29) is 6.10 Å². The Morgan fingerprint density at radius 1 is 0.750 bits per heavy atom. The molecular formula is C17H37NO2. The number of aliphatic hydroxyl groups is 1. The number of rotatable bonds is 15. The van der Waals surface area contributed by atoms with E-state index in [4.69, 9.17) is 0 Å². The van der Waals surface area contributed by atoms with Gasteiger partial charge in [-0.3, -0.25) is 0 Å². The van der Waals surface area contributed by atoms with E-state index in [1.54, 1.807) is 0 Å². The highest BCUT2D eigenvalue weighted by molar-refractivity contribution is 4.59. The van der Waals surface area contributed by atoms with E-state index in [9.17, 15) is 10.3 Å². The van der Waals surface area contributed by atoms with Crippen molar-refractivity contribution >= 4 is 0 Å². The first kappa shape index (κ1) is 19.9. The maximum absolute atomic E-state index is 9.77. The average molecular weight is 287 g/mol. The number of hydrogen-bond acceptors (Lipinski definition) is 3. The molecule has 0 aliphatic carbocycles. The number of hydroxylamine groups is 2. The third-order valence-corrected chi connectivity index (χ3v) is 3.79. The highest BCUT2D eigenvalue weighted by Crippen LogP contribution is 2.12. The molecule has 0 bridgehead atoms. The first-order valence-corrected chi connectivity index (χ1v) is 8.82. The lowest BCUT2D eigenvalue weighted by molar-refractivity contribution is -0.113. The summed E-state index contributed by atoms with van der Waals surface area (Å²) in [5.41, 5.74) is 0. The Balaban J connectivity index is 3.19. The van der Waals surface area contributed by atoms with Crippen LogP contribution < -0.4 is 0 Å². The molecule has 0 aliphatic rings. The molecule has 0 aromatic heterocycles. The van der Waals surface area contributed by atoms with E-state index in [0.717, 1.165) is 19.3 Å². The van der Waals surface area contributed by atoms with Crippen molar-refractivity contribution in [1.82, 2.24) is 5.06 Å². The van der Waals surface area contributed by atoms with Crippen LogP contribution in [0.3, 0.4) is 0 Å². The van der Waals surface area contributed by atoms with Crippen LogP contribution in [0.15, 0.2) is 0 Å². The highest BCUT2D eigenvalue weighted by atomic mass is 16.5. The summed E-state index contributed by atoms with van der Waals surface area (Å²) in [6.45, 7) is 5.32. The molecule has 0 saturated heterocycles. The van der Waals surface area contributed by atoms with Crippen molar-refractivity contribution in [2.75, 3.05) is 13.1 Å². The quantitative estimate of drug-likeness (QED) is 0.337. The van der Waals surface area contributed by atoms with Crippen molar-refractivity contribution in [1.29, 1.82) is 0 Å². The predicted molar refractivity (Wildman–Crippen MR) is 86.1 cm³/mol. The second-order valence-corrected chi connectivity index (χ2v) is 6.04. The Kier molecular flexibility index (Phi) is 15.2. The minimum Gasteiger partial charge on any atom is -0.392 e. The molecule has 2 N–H and O–H groups in total. The van der Waals surface area contributed by atoms with Crippen LogP contribution in [0, 0.1) is 0 Å². The second kappa shape index (κ2) is 15.3. The van der Waals surface area contributed by atoms with Gasteiger partial charge in [0.2, 0.25) is 0 Å². The van der Waals surface area contributed by atoms with Crippen LogP contribution in [0.2, 0.25) is 0 Å². The van der Waals surface area contributed by atoms with E-state index in [0.29, 0.717) is 13.1 Å². The molecule has 0 amide bonds. The van der Waals surface area contributed by atoms with Gasteiger partial charge in [-0.25, -0.2) is 0 Å². The minimum absolute atomic E-state index is 0.374. The molecule has 0 radical (unpaired) electrons. The SMILES string of the molecule is CCCCCCCCCCCCC(O)CN(O)CCC. The summed E-state index contributed by atoms with van der Waals surface area (Å²) in [5.74, 6) is 0. The fraction of sp³-hybridized carbons (Fsp3) is 1.00. The second-order valence-electron chi connectivity index (χ2n) is 6.04. The molecule has 0 fully saturated rings. The zero-order valence-electron chi connectivity index (χ0n) is 13.8. The lowest BCUT2D eigenvalue weighted by Crippen LogP contribution is -2.30. The fourth-order valence-corrected chi connectivity index (χ4v) is 2.55. The summed E-state index contributed by atoms with van der Waals surface area (Å²) >= 11 is 0. The van der Waals surface area contributed by atoms with Crippen molar-refractivity contribution in [3.63, 3.8) is 0 Å². The molecule has 1 atom stereocenters. The van der Waals surface area contributed by atoms with Crippen LogP contribution in [0.1, 0.15) is 90.9 Å². The third-order valence-electron chi connectivity index (χ3n) is 3.79. The van der Waals surface area contributed by atoms with E-state index < -0.39 is 0 Å². The van der Waals surface area contributed by atoms with Crippen molar-refractivity contribution in [3.05, 3.63) is 0 Å².